The van der Waals surface area contributed by atoms with Gasteiger partial charge in [-0.25, -0.2) is 4.99 Å². The van der Waals surface area contributed by atoms with Gasteiger partial charge < -0.3 is 5.11 Å². The molecule has 0 saturated heterocycles. The molecule has 0 atom stereocenters. The number of benzene rings is 1. The fourth-order valence-electron chi connectivity index (χ4n) is 0.560. The van der Waals surface area contributed by atoms with Crippen molar-refractivity contribution in [2.45, 2.75) is 0 Å². The Morgan fingerprint density at radius 2 is 2.11 bits per heavy atom. The highest BCUT2D eigenvalue weighted by Gasteiger charge is 1.79. The van der Waals surface area contributed by atoms with Crippen LogP contribution in [0.3, 0.4) is 0 Å². The normalized spacial score (nSPS) is 12.9. The van der Waals surface area contributed by atoms with Gasteiger partial charge in [0.1, 0.15) is 1.37 Å². The van der Waals surface area contributed by atoms with Crippen molar-refractivity contribution in [3.63, 3.8) is 0 Å². The summed E-state index contributed by atoms with van der Waals surface area (Å²) in [6.45, 7) is 0. The third-order valence-electron chi connectivity index (χ3n) is 0.935. The van der Waals surface area contributed by atoms with Crippen molar-refractivity contribution >= 4 is 12.1 Å². The predicted octanol–water partition coefficient (Wildman–Crippen LogP) is 1.90. The van der Waals surface area contributed by atoms with Crippen LogP contribution in [0.2, 0.25) is 0 Å². The highest BCUT2D eigenvalue weighted by atomic mass is 16.3. The maximum absolute atomic E-state index is 8.42. The molecule has 0 spiro atoms. The van der Waals surface area contributed by atoms with Gasteiger partial charge in [-0.1, -0.05) is 18.2 Å². The molecular formula is C7H7NO. The second kappa shape index (κ2) is 2.87. The molecule has 0 radical (unpaired) electrons. The van der Waals surface area contributed by atoms with E-state index in [1.165, 1.54) is 0 Å². The minimum atomic E-state index is -0.661. The summed E-state index contributed by atoms with van der Waals surface area (Å²) in [5.74, 6) is 0. The van der Waals surface area contributed by atoms with Crippen LogP contribution in [0.15, 0.2) is 35.3 Å². The first kappa shape index (κ1) is 4.56. The average Bonchev–Trinajstić information content (AvgIpc) is 1.88. The maximum Gasteiger partial charge on any atom is 0.171 e. The molecule has 0 aromatic heterocycles. The van der Waals surface area contributed by atoms with E-state index in [1.807, 2.05) is 6.07 Å². The Kier molecular flexibility index (Phi) is 1.45. The van der Waals surface area contributed by atoms with Crippen LogP contribution in [-0.4, -0.2) is 11.5 Å². The van der Waals surface area contributed by atoms with E-state index in [0.29, 0.717) is 5.69 Å². The fourth-order valence-corrected chi connectivity index (χ4v) is 0.560. The van der Waals surface area contributed by atoms with E-state index in [9.17, 15) is 0 Å². The first-order chi connectivity index (χ1) is 4.79. The molecule has 0 saturated carbocycles. The zero-order chi connectivity index (χ0) is 7.40. The smallest absolute Gasteiger partial charge is 0.171 e. The Bertz CT molecular complexity index is 229. The van der Waals surface area contributed by atoms with Crippen molar-refractivity contribution in [3.05, 3.63) is 30.3 Å². The molecule has 2 heteroatoms. The summed E-state index contributed by atoms with van der Waals surface area (Å²) in [5.41, 5.74) is 0.593. The largest absolute Gasteiger partial charge is 0.499 e. The number of aliphatic hydroxyl groups is 1. The number of nitrogens with zero attached hydrogens (tertiary/aromatic N) is 1. The number of aliphatic hydroxyl groups excluding tert-OH is 1. The van der Waals surface area contributed by atoms with Gasteiger partial charge in [0.25, 0.3) is 0 Å². The van der Waals surface area contributed by atoms with Gasteiger partial charge in [-0.15, -0.1) is 0 Å². The van der Waals surface area contributed by atoms with Crippen LogP contribution in [-0.2, 0) is 0 Å². The summed E-state index contributed by atoms with van der Waals surface area (Å²) in [4.78, 5) is 3.50. The standard InChI is InChI=1S/C7H7NO/c9-6-8-7-4-2-1-3-5-7/h1-6H,(H,8,9)/i6D. The lowest BCUT2D eigenvalue weighted by Gasteiger charge is -1.86. The van der Waals surface area contributed by atoms with Crippen LogP contribution < -0.4 is 0 Å². The second-order valence-electron chi connectivity index (χ2n) is 1.55. The lowest BCUT2D eigenvalue weighted by molar-refractivity contribution is 0.580. The Hall–Kier alpha value is -1.31. The summed E-state index contributed by atoms with van der Waals surface area (Å²) in [6, 6.07) is 8.86. The van der Waals surface area contributed by atoms with Crippen molar-refractivity contribution in [2.24, 2.45) is 4.99 Å². The Labute approximate surface area is 54.9 Å². The third kappa shape index (κ3) is 1.57. The summed E-state index contributed by atoms with van der Waals surface area (Å²) < 4.78 is 6.62. The summed E-state index contributed by atoms with van der Waals surface area (Å²) >= 11 is 0. The Morgan fingerprint density at radius 3 is 2.67 bits per heavy atom. The molecule has 0 aliphatic carbocycles. The molecule has 0 bridgehead atoms. The molecule has 0 amide bonds. The lowest BCUT2D eigenvalue weighted by atomic mass is 10.3. The van der Waals surface area contributed by atoms with Crippen molar-refractivity contribution in [1.29, 1.82) is 0 Å². The lowest BCUT2D eigenvalue weighted by Crippen LogP contribution is -1.64. The van der Waals surface area contributed by atoms with Crippen molar-refractivity contribution in [3.8, 4) is 0 Å². The number of rotatable bonds is 1. The van der Waals surface area contributed by atoms with E-state index in [4.69, 9.17) is 6.48 Å². The van der Waals surface area contributed by atoms with Gasteiger partial charge >= 0.3 is 0 Å². The third-order valence-corrected chi connectivity index (χ3v) is 0.935. The van der Waals surface area contributed by atoms with Gasteiger partial charge in [0, 0.05) is 0 Å². The van der Waals surface area contributed by atoms with Crippen LogP contribution >= 0.6 is 0 Å². The SMILES string of the molecule is [2H]C(O)=Nc1ccccc1. The summed E-state index contributed by atoms with van der Waals surface area (Å²) in [5, 5.41) is 8.42. The predicted molar refractivity (Wildman–Crippen MR) is 37.2 cm³/mol. The molecule has 0 aliphatic heterocycles. The van der Waals surface area contributed by atoms with Crippen molar-refractivity contribution in [1.82, 2.24) is 0 Å². The zero-order valence-corrected chi connectivity index (χ0v) is 4.78. The summed E-state index contributed by atoms with van der Waals surface area (Å²) in [7, 11) is 0. The second-order valence-corrected chi connectivity index (χ2v) is 1.55. The van der Waals surface area contributed by atoms with Crippen LogP contribution in [0.25, 0.3) is 0 Å². The molecule has 1 rings (SSSR count). The molecule has 1 N–H and O–H groups in total. The van der Waals surface area contributed by atoms with E-state index in [1.54, 1.807) is 24.3 Å². The number of aliphatic imine (C=N–C) groups is 1. The molecular weight excluding hydrogens is 114 g/mol. The minimum absolute atomic E-state index is 0.593. The van der Waals surface area contributed by atoms with Gasteiger partial charge in [0.15, 0.2) is 6.38 Å². The number of hydrogen-bond donors (Lipinski definition) is 1. The van der Waals surface area contributed by atoms with Crippen molar-refractivity contribution < 1.29 is 6.48 Å². The molecule has 0 aliphatic rings. The molecule has 46 valence electrons. The van der Waals surface area contributed by atoms with Crippen LogP contribution in [0.1, 0.15) is 1.37 Å². The molecule has 1 aromatic rings. The average molecular weight is 122 g/mol. The van der Waals surface area contributed by atoms with Crippen LogP contribution in [0.4, 0.5) is 5.69 Å². The fraction of sp³-hybridized carbons (Fsp3) is 0. The number of para-hydroxylation sites is 1. The first-order valence-corrected chi connectivity index (χ1v) is 2.58. The number of hydrogen-bond acceptors (Lipinski definition) is 1. The van der Waals surface area contributed by atoms with E-state index in [-0.39, 0.29) is 0 Å². The first-order valence-electron chi connectivity index (χ1n) is 3.08. The molecule has 0 heterocycles. The van der Waals surface area contributed by atoms with Gasteiger partial charge in [0.05, 0.1) is 5.69 Å². The molecule has 9 heavy (non-hydrogen) atoms. The topological polar surface area (TPSA) is 32.6 Å². The monoisotopic (exact) mass is 122 g/mol. The van der Waals surface area contributed by atoms with Crippen LogP contribution in [0.5, 0.6) is 0 Å². The molecule has 2 nitrogen and oxygen atoms in total. The van der Waals surface area contributed by atoms with Crippen LogP contribution in [0, 0.1) is 0 Å². The van der Waals surface area contributed by atoms with Crippen molar-refractivity contribution in [2.75, 3.05) is 0 Å². The van der Waals surface area contributed by atoms with E-state index in [0.717, 1.165) is 0 Å². The van der Waals surface area contributed by atoms with Gasteiger partial charge in [0.2, 0.25) is 0 Å². The quantitative estimate of drug-likeness (QED) is 0.448. The maximum atomic E-state index is 8.42. The highest BCUT2D eigenvalue weighted by molar-refractivity contribution is 5.53. The van der Waals surface area contributed by atoms with Gasteiger partial charge in [-0.3, -0.25) is 0 Å². The molecule has 0 fully saturated rings. The molecule has 0 unspecified atom stereocenters. The van der Waals surface area contributed by atoms with Gasteiger partial charge in [-0.2, -0.15) is 0 Å². The van der Waals surface area contributed by atoms with E-state index < -0.39 is 6.38 Å². The minimum Gasteiger partial charge on any atom is -0.499 e. The summed E-state index contributed by atoms with van der Waals surface area (Å²) in [6.07, 6.45) is -0.661. The Balaban J connectivity index is 2.87. The highest BCUT2D eigenvalue weighted by Crippen LogP contribution is 2.07. The zero-order valence-electron chi connectivity index (χ0n) is 5.78. The van der Waals surface area contributed by atoms with Gasteiger partial charge in [-0.05, 0) is 12.1 Å². The van der Waals surface area contributed by atoms with E-state index in [2.05, 4.69) is 4.99 Å². The van der Waals surface area contributed by atoms with E-state index >= 15 is 0 Å². The Morgan fingerprint density at radius 1 is 1.44 bits per heavy atom. The molecule has 1 aromatic carbocycles.